The van der Waals surface area contributed by atoms with Gasteiger partial charge in [0.2, 0.25) is 0 Å². The van der Waals surface area contributed by atoms with Crippen LogP contribution in [0.4, 0.5) is 14.5 Å². The summed E-state index contributed by atoms with van der Waals surface area (Å²) in [7, 11) is 0. The minimum absolute atomic E-state index is 0.0450. The quantitative estimate of drug-likeness (QED) is 0.577. The van der Waals surface area contributed by atoms with Gasteiger partial charge in [0.25, 0.3) is 0 Å². The molecular weight excluding hydrogens is 185 g/mol. The van der Waals surface area contributed by atoms with Gasteiger partial charge < -0.3 is 5.32 Å². The van der Waals surface area contributed by atoms with Crippen molar-refractivity contribution in [3.8, 4) is 0 Å². The third-order valence-electron chi connectivity index (χ3n) is 1.04. The van der Waals surface area contributed by atoms with Crippen LogP contribution < -0.4 is 5.32 Å². The molecule has 0 radical (unpaired) electrons. The Morgan fingerprint density at radius 1 is 1.83 bits per heavy atom. The summed E-state index contributed by atoms with van der Waals surface area (Å²) in [5.41, 5.74) is 0. The van der Waals surface area contributed by atoms with Crippen molar-refractivity contribution >= 4 is 21.5 Å². The van der Waals surface area contributed by atoms with Crippen molar-refractivity contribution in [1.29, 1.82) is 0 Å². The van der Waals surface area contributed by atoms with Crippen LogP contribution in [0.15, 0.2) is 6.20 Å². The third-order valence-corrected chi connectivity index (χ3v) is 1.95. The predicted octanol–water partition coefficient (Wildman–Crippen LogP) is 1.43. The molecule has 0 aromatic carbocycles. The van der Waals surface area contributed by atoms with Gasteiger partial charge in [0, 0.05) is 6.54 Å². The maximum atomic E-state index is 11.6. The molecule has 1 heterocycles. The van der Waals surface area contributed by atoms with Gasteiger partial charge in [-0.1, -0.05) is 0 Å². The number of rotatable bonds is 4. The van der Waals surface area contributed by atoms with Gasteiger partial charge >= 0.3 is 5.00 Å². The van der Waals surface area contributed by atoms with Crippen molar-refractivity contribution in [2.45, 2.75) is 0 Å². The van der Waals surface area contributed by atoms with Crippen LogP contribution in [-0.2, 0) is 0 Å². The number of thiazole rings is 1. The Morgan fingerprint density at radius 2 is 2.58 bits per heavy atom. The second-order valence-electron chi connectivity index (χ2n) is 1.88. The van der Waals surface area contributed by atoms with Crippen LogP contribution in [0.25, 0.3) is 0 Å². The van der Waals surface area contributed by atoms with Gasteiger partial charge in [0.05, 0.1) is 4.92 Å². The maximum absolute atomic E-state index is 11.6. The zero-order chi connectivity index (χ0) is 8.97. The van der Waals surface area contributed by atoms with E-state index in [9.17, 15) is 14.5 Å². The molecule has 12 heavy (non-hydrogen) atoms. The zero-order valence-electron chi connectivity index (χ0n) is 5.99. The summed E-state index contributed by atoms with van der Waals surface area (Å²) < 4.78 is 11.6. The molecule has 1 rings (SSSR count). The van der Waals surface area contributed by atoms with Crippen LogP contribution in [0, 0.1) is 10.1 Å². The van der Waals surface area contributed by atoms with Crippen LogP contribution in [0.5, 0.6) is 0 Å². The molecule has 0 amide bonds. The first kappa shape index (κ1) is 8.85. The number of aromatic nitrogens is 1. The van der Waals surface area contributed by atoms with Crippen LogP contribution in [0.3, 0.4) is 0 Å². The molecule has 0 spiro atoms. The second kappa shape index (κ2) is 3.96. The normalized spacial score (nSPS) is 9.75. The molecule has 0 unspecified atom stereocenters. The van der Waals surface area contributed by atoms with Gasteiger partial charge in [-0.15, -0.1) is 0 Å². The number of nitrogens with one attached hydrogen (secondary N) is 1. The fourth-order valence-corrected chi connectivity index (χ4v) is 1.24. The summed E-state index contributed by atoms with van der Waals surface area (Å²) in [5, 5.41) is 13.1. The average molecular weight is 191 g/mol. The van der Waals surface area contributed by atoms with E-state index in [1.807, 2.05) is 0 Å². The van der Waals surface area contributed by atoms with E-state index in [1.54, 1.807) is 0 Å². The molecule has 5 nitrogen and oxygen atoms in total. The summed E-state index contributed by atoms with van der Waals surface area (Å²) in [4.78, 5) is 13.3. The smallest absolute Gasteiger partial charge is 0.345 e. The highest BCUT2D eigenvalue weighted by Crippen LogP contribution is 2.24. The van der Waals surface area contributed by atoms with Crippen molar-refractivity contribution in [3.63, 3.8) is 0 Å². The van der Waals surface area contributed by atoms with Crippen molar-refractivity contribution in [3.05, 3.63) is 16.3 Å². The van der Waals surface area contributed by atoms with Crippen molar-refractivity contribution in [2.24, 2.45) is 0 Å². The Hall–Kier alpha value is -1.24. The van der Waals surface area contributed by atoms with Crippen molar-refractivity contribution < 1.29 is 9.31 Å². The van der Waals surface area contributed by atoms with E-state index >= 15 is 0 Å². The summed E-state index contributed by atoms with van der Waals surface area (Å²) in [6.45, 7) is -0.391. The SMILES string of the molecule is O=[N+]([O-])c1cnc(NCCF)s1. The first-order valence-corrected chi connectivity index (χ1v) is 3.95. The van der Waals surface area contributed by atoms with Crippen LogP contribution in [0.2, 0.25) is 0 Å². The lowest BCUT2D eigenvalue weighted by Crippen LogP contribution is -2.01. The molecule has 0 bridgehead atoms. The second-order valence-corrected chi connectivity index (χ2v) is 2.89. The molecule has 0 saturated heterocycles. The molecule has 0 fully saturated rings. The predicted molar refractivity (Wildman–Crippen MR) is 43.2 cm³/mol. The molecule has 0 aliphatic heterocycles. The molecule has 0 atom stereocenters. The molecule has 0 aliphatic carbocycles. The highest BCUT2D eigenvalue weighted by Gasteiger charge is 2.10. The molecule has 0 aliphatic rings. The van der Waals surface area contributed by atoms with E-state index < -0.39 is 11.6 Å². The highest BCUT2D eigenvalue weighted by atomic mass is 32.1. The summed E-state index contributed by atoms with van der Waals surface area (Å²) in [6.07, 6.45) is 1.14. The van der Waals surface area contributed by atoms with Gasteiger partial charge in [0.15, 0.2) is 5.13 Å². The number of alkyl halides is 1. The average Bonchev–Trinajstić information content (AvgIpc) is 2.48. The molecule has 1 N–H and O–H groups in total. The number of hydrogen-bond acceptors (Lipinski definition) is 5. The van der Waals surface area contributed by atoms with Crippen LogP contribution >= 0.6 is 11.3 Å². The van der Waals surface area contributed by atoms with E-state index in [1.165, 1.54) is 0 Å². The minimum Gasteiger partial charge on any atom is -0.359 e. The number of anilines is 1. The molecule has 1 aromatic heterocycles. The topological polar surface area (TPSA) is 68.1 Å². The van der Waals surface area contributed by atoms with Crippen molar-refractivity contribution in [1.82, 2.24) is 4.98 Å². The lowest BCUT2D eigenvalue weighted by Gasteiger charge is -1.93. The molecular formula is C5H6FN3O2S. The van der Waals surface area contributed by atoms with E-state index in [0.717, 1.165) is 17.5 Å². The van der Waals surface area contributed by atoms with Gasteiger partial charge in [0.1, 0.15) is 12.9 Å². The largest absolute Gasteiger partial charge is 0.359 e. The molecule has 66 valence electrons. The van der Waals surface area contributed by atoms with Gasteiger partial charge in [-0.3, -0.25) is 10.1 Å². The standard InChI is InChI=1S/C5H6FN3O2S/c6-1-2-7-5-8-3-4(12-5)9(10)11/h3H,1-2H2,(H,7,8). The van der Waals surface area contributed by atoms with Gasteiger partial charge in [-0.05, 0) is 11.3 Å². The molecule has 1 aromatic rings. The molecule has 0 saturated carbocycles. The Bertz CT molecular complexity index is 277. The number of nitrogens with zero attached hydrogens (tertiary/aromatic N) is 2. The van der Waals surface area contributed by atoms with Crippen LogP contribution in [0.1, 0.15) is 0 Å². The monoisotopic (exact) mass is 191 g/mol. The van der Waals surface area contributed by atoms with E-state index in [-0.39, 0.29) is 11.5 Å². The third kappa shape index (κ3) is 2.12. The lowest BCUT2D eigenvalue weighted by molar-refractivity contribution is -0.380. The number of halogens is 1. The first-order valence-electron chi connectivity index (χ1n) is 3.14. The summed E-state index contributed by atoms with van der Waals surface area (Å²) in [6, 6.07) is 0. The highest BCUT2D eigenvalue weighted by molar-refractivity contribution is 7.18. The van der Waals surface area contributed by atoms with Crippen LogP contribution in [-0.4, -0.2) is 23.1 Å². The van der Waals surface area contributed by atoms with Gasteiger partial charge in [-0.2, -0.15) is 0 Å². The Balaban J connectivity index is 2.58. The minimum atomic E-state index is -0.529. The van der Waals surface area contributed by atoms with Crippen molar-refractivity contribution in [2.75, 3.05) is 18.5 Å². The molecule has 7 heteroatoms. The Morgan fingerprint density at radius 3 is 3.08 bits per heavy atom. The summed E-state index contributed by atoms with van der Waals surface area (Å²) >= 11 is 0.893. The first-order chi connectivity index (χ1) is 5.74. The fourth-order valence-electron chi connectivity index (χ4n) is 0.586. The van der Waals surface area contributed by atoms with Gasteiger partial charge in [-0.25, -0.2) is 9.37 Å². The maximum Gasteiger partial charge on any atom is 0.345 e. The van der Waals surface area contributed by atoms with E-state index in [2.05, 4.69) is 10.3 Å². The Labute approximate surface area is 71.4 Å². The summed E-state index contributed by atoms with van der Waals surface area (Å²) in [5.74, 6) is 0. The van der Waals surface area contributed by atoms with E-state index in [0.29, 0.717) is 5.13 Å². The zero-order valence-corrected chi connectivity index (χ0v) is 6.81. The van der Waals surface area contributed by atoms with E-state index in [4.69, 9.17) is 0 Å². The number of hydrogen-bond donors (Lipinski definition) is 1. The Kier molecular flexibility index (Phi) is 2.92. The lowest BCUT2D eigenvalue weighted by atomic mass is 10.7. The number of nitro groups is 1. The fraction of sp³-hybridized carbons (Fsp3) is 0.400.